The fourth-order valence-corrected chi connectivity index (χ4v) is 2.36. The van der Waals surface area contributed by atoms with Crippen molar-refractivity contribution in [3.05, 3.63) is 47.5 Å². The molecule has 108 valence electrons. The summed E-state index contributed by atoms with van der Waals surface area (Å²) in [5.41, 5.74) is 0.863. The molecule has 0 aliphatic rings. The number of hydrogen-bond donors (Lipinski definition) is 3. The van der Waals surface area contributed by atoms with Crippen LogP contribution in [0.2, 0.25) is 0 Å². The van der Waals surface area contributed by atoms with Crippen LogP contribution in [0.15, 0.2) is 36.4 Å². The van der Waals surface area contributed by atoms with Gasteiger partial charge in [-0.25, -0.2) is 0 Å². The van der Waals surface area contributed by atoms with E-state index in [2.05, 4.69) is 0 Å². The van der Waals surface area contributed by atoms with Crippen molar-refractivity contribution in [3.63, 3.8) is 0 Å². The predicted molar refractivity (Wildman–Crippen MR) is 76.6 cm³/mol. The van der Waals surface area contributed by atoms with Gasteiger partial charge in [-0.1, -0.05) is 30.3 Å². The molecule has 0 heterocycles. The molecule has 2 aromatic carbocycles. The Morgan fingerprint density at radius 3 is 2.19 bits per heavy atom. The zero-order chi connectivity index (χ0) is 15.6. The van der Waals surface area contributed by atoms with Gasteiger partial charge < -0.3 is 15.3 Å². The first-order valence-electron chi connectivity index (χ1n) is 6.27. The number of Topliss-reactive ketones (excluding diaryl/α,β-unsaturated/α-hetero) is 1. The van der Waals surface area contributed by atoms with Crippen LogP contribution in [0.25, 0.3) is 11.1 Å². The van der Waals surface area contributed by atoms with E-state index in [0.29, 0.717) is 5.56 Å². The van der Waals surface area contributed by atoms with Crippen LogP contribution in [0.1, 0.15) is 22.8 Å². The molecule has 5 nitrogen and oxygen atoms in total. The molecule has 0 saturated heterocycles. The molecule has 0 aliphatic carbocycles. The molecule has 0 fully saturated rings. The van der Waals surface area contributed by atoms with Crippen molar-refractivity contribution in [2.45, 2.75) is 13.3 Å². The number of carboxylic acids is 1. The van der Waals surface area contributed by atoms with E-state index < -0.39 is 23.9 Å². The molecule has 3 N–H and O–H groups in total. The van der Waals surface area contributed by atoms with E-state index >= 15 is 0 Å². The second kappa shape index (κ2) is 5.66. The van der Waals surface area contributed by atoms with Gasteiger partial charge in [-0.05, 0) is 18.1 Å². The minimum atomic E-state index is -1.15. The number of carbonyl (C=O) groups excluding carboxylic acids is 1. The number of ketones is 1. The van der Waals surface area contributed by atoms with Gasteiger partial charge in [-0.2, -0.15) is 0 Å². The van der Waals surface area contributed by atoms with Crippen molar-refractivity contribution in [2.75, 3.05) is 0 Å². The predicted octanol–water partition coefficient (Wildman–Crippen LogP) is 2.59. The summed E-state index contributed by atoms with van der Waals surface area (Å²) in [7, 11) is 0. The lowest BCUT2D eigenvalue weighted by molar-refractivity contribution is -0.136. The van der Waals surface area contributed by atoms with E-state index in [1.54, 1.807) is 30.3 Å². The van der Waals surface area contributed by atoms with Crippen molar-refractivity contribution in [1.82, 2.24) is 0 Å². The fourth-order valence-electron chi connectivity index (χ4n) is 2.36. The third-order valence-corrected chi connectivity index (χ3v) is 3.13. The summed E-state index contributed by atoms with van der Waals surface area (Å²) in [6.45, 7) is 1.24. The van der Waals surface area contributed by atoms with Crippen LogP contribution in [0.4, 0.5) is 0 Å². The lowest BCUT2D eigenvalue weighted by Gasteiger charge is -2.15. The average molecular weight is 286 g/mol. The zero-order valence-corrected chi connectivity index (χ0v) is 11.3. The summed E-state index contributed by atoms with van der Waals surface area (Å²) >= 11 is 0. The second-order valence-corrected chi connectivity index (χ2v) is 4.64. The number of carboxylic acid groups (broad SMARTS) is 1. The largest absolute Gasteiger partial charge is 0.507 e. The number of phenolic OH excluding ortho intramolecular Hbond substituents is 2. The van der Waals surface area contributed by atoms with E-state index in [-0.39, 0.29) is 22.4 Å². The summed E-state index contributed by atoms with van der Waals surface area (Å²) in [5.74, 6) is -2.29. The normalized spacial score (nSPS) is 10.3. The Morgan fingerprint density at radius 1 is 1.05 bits per heavy atom. The van der Waals surface area contributed by atoms with Crippen LogP contribution in [0, 0.1) is 0 Å². The summed E-state index contributed by atoms with van der Waals surface area (Å²) in [4.78, 5) is 22.8. The van der Waals surface area contributed by atoms with Crippen molar-refractivity contribution in [3.8, 4) is 22.6 Å². The maximum Gasteiger partial charge on any atom is 0.307 e. The van der Waals surface area contributed by atoms with E-state index in [9.17, 15) is 19.8 Å². The van der Waals surface area contributed by atoms with Gasteiger partial charge in [0.1, 0.15) is 11.5 Å². The topological polar surface area (TPSA) is 94.8 Å². The fraction of sp³-hybridized carbons (Fsp3) is 0.125. The highest BCUT2D eigenvalue weighted by Crippen LogP contribution is 2.39. The first kappa shape index (κ1) is 14.6. The lowest BCUT2D eigenvalue weighted by atomic mass is 9.90. The Balaban J connectivity index is 2.82. The third-order valence-electron chi connectivity index (χ3n) is 3.13. The Kier molecular flexibility index (Phi) is 3.93. The van der Waals surface area contributed by atoms with E-state index in [1.165, 1.54) is 6.92 Å². The minimum Gasteiger partial charge on any atom is -0.507 e. The molecule has 0 unspecified atom stereocenters. The molecule has 0 amide bonds. The van der Waals surface area contributed by atoms with Crippen LogP contribution in [-0.4, -0.2) is 27.1 Å². The number of phenols is 2. The number of benzene rings is 2. The number of hydrogen-bond acceptors (Lipinski definition) is 4. The van der Waals surface area contributed by atoms with Gasteiger partial charge in [0.15, 0.2) is 5.78 Å². The Labute approximate surface area is 121 Å². The lowest BCUT2D eigenvalue weighted by Crippen LogP contribution is -2.09. The number of aromatic hydroxyl groups is 2. The molecular formula is C16H14O5. The molecule has 21 heavy (non-hydrogen) atoms. The number of rotatable bonds is 4. The van der Waals surface area contributed by atoms with Crippen molar-refractivity contribution in [1.29, 1.82) is 0 Å². The van der Waals surface area contributed by atoms with Crippen molar-refractivity contribution >= 4 is 11.8 Å². The summed E-state index contributed by atoms with van der Waals surface area (Å²) in [5, 5.41) is 29.0. The van der Waals surface area contributed by atoms with Gasteiger partial charge in [-0.15, -0.1) is 0 Å². The molecule has 5 heteroatoms. The van der Waals surface area contributed by atoms with Gasteiger partial charge in [0, 0.05) is 11.6 Å². The van der Waals surface area contributed by atoms with Gasteiger partial charge in [0.25, 0.3) is 0 Å². The summed E-state index contributed by atoms with van der Waals surface area (Å²) in [6.07, 6.45) is -0.471. The van der Waals surface area contributed by atoms with E-state index in [1.807, 2.05) is 0 Å². The van der Waals surface area contributed by atoms with Crippen LogP contribution in [0.3, 0.4) is 0 Å². The van der Waals surface area contributed by atoms with Crippen LogP contribution in [0.5, 0.6) is 11.5 Å². The molecule has 0 atom stereocenters. The molecular weight excluding hydrogens is 272 g/mol. The number of aliphatic carboxylic acids is 1. The highest BCUT2D eigenvalue weighted by molar-refractivity contribution is 6.02. The smallest absolute Gasteiger partial charge is 0.307 e. The summed E-state index contributed by atoms with van der Waals surface area (Å²) < 4.78 is 0. The molecule has 0 radical (unpaired) electrons. The first-order valence-corrected chi connectivity index (χ1v) is 6.27. The monoisotopic (exact) mass is 286 g/mol. The maximum atomic E-state index is 11.7. The van der Waals surface area contributed by atoms with Gasteiger partial charge in [0.05, 0.1) is 12.0 Å². The van der Waals surface area contributed by atoms with Crippen LogP contribution < -0.4 is 0 Å². The highest BCUT2D eigenvalue weighted by atomic mass is 16.4. The molecule has 2 rings (SSSR count). The minimum absolute atomic E-state index is 0.0750. The molecule has 0 aromatic heterocycles. The molecule has 0 aliphatic heterocycles. The molecule has 2 aromatic rings. The Morgan fingerprint density at radius 2 is 1.67 bits per heavy atom. The third kappa shape index (κ3) is 2.86. The first-order chi connectivity index (χ1) is 9.91. The molecule has 0 spiro atoms. The van der Waals surface area contributed by atoms with E-state index in [4.69, 9.17) is 5.11 Å². The second-order valence-electron chi connectivity index (χ2n) is 4.64. The van der Waals surface area contributed by atoms with Gasteiger partial charge in [0.2, 0.25) is 0 Å². The van der Waals surface area contributed by atoms with Gasteiger partial charge >= 0.3 is 5.97 Å². The SMILES string of the molecule is CC(=O)c1c(O)cc(O)c(-c2ccccc2)c1CC(=O)O. The molecule has 0 saturated carbocycles. The van der Waals surface area contributed by atoms with Crippen LogP contribution in [-0.2, 0) is 11.2 Å². The Bertz CT molecular complexity index is 704. The van der Waals surface area contributed by atoms with Crippen molar-refractivity contribution < 1.29 is 24.9 Å². The number of carbonyl (C=O) groups is 2. The van der Waals surface area contributed by atoms with Crippen LogP contribution >= 0.6 is 0 Å². The van der Waals surface area contributed by atoms with Crippen molar-refractivity contribution in [2.24, 2.45) is 0 Å². The van der Waals surface area contributed by atoms with Gasteiger partial charge in [-0.3, -0.25) is 9.59 Å². The summed E-state index contributed by atoms with van der Waals surface area (Å²) in [6, 6.07) is 9.70. The maximum absolute atomic E-state index is 11.7. The highest BCUT2D eigenvalue weighted by Gasteiger charge is 2.23. The Hall–Kier alpha value is -2.82. The zero-order valence-electron chi connectivity index (χ0n) is 11.3. The molecule has 0 bridgehead atoms. The quantitative estimate of drug-likeness (QED) is 0.751. The standard InChI is InChI=1S/C16H14O5/c1-9(17)15-11(7-14(20)21)16(13(19)8-12(15)18)10-5-3-2-4-6-10/h2-6,8,18-19H,7H2,1H3,(H,20,21). The average Bonchev–Trinajstić information content (AvgIpc) is 2.38. The van der Waals surface area contributed by atoms with E-state index in [0.717, 1.165) is 6.07 Å².